The highest BCUT2D eigenvalue weighted by molar-refractivity contribution is 7.14. The molecule has 0 aliphatic heterocycles. The molecule has 2 aromatic rings. The van der Waals surface area contributed by atoms with Crippen molar-refractivity contribution in [1.82, 2.24) is 0 Å². The average molecular weight is 295 g/mol. The van der Waals surface area contributed by atoms with Crippen LogP contribution in [0.3, 0.4) is 0 Å². The largest absolute Gasteiger partial charge is 0.485 e. The van der Waals surface area contributed by atoms with Crippen molar-refractivity contribution in [3.63, 3.8) is 0 Å². The fraction of sp³-hybridized carbons (Fsp3) is 0.267. The fourth-order valence-corrected chi connectivity index (χ4v) is 2.81. The molecule has 0 unspecified atom stereocenters. The first-order valence-electron chi connectivity index (χ1n) is 6.11. The molecule has 19 heavy (non-hydrogen) atoms. The van der Waals surface area contributed by atoms with Crippen molar-refractivity contribution in [1.29, 1.82) is 0 Å². The third-order valence-electron chi connectivity index (χ3n) is 2.78. The van der Waals surface area contributed by atoms with Crippen molar-refractivity contribution < 1.29 is 9.53 Å². The van der Waals surface area contributed by atoms with E-state index in [0.717, 1.165) is 16.9 Å². The van der Waals surface area contributed by atoms with Gasteiger partial charge in [-0.15, -0.1) is 11.3 Å². The van der Waals surface area contributed by atoms with E-state index in [4.69, 9.17) is 16.3 Å². The summed E-state index contributed by atoms with van der Waals surface area (Å²) in [6.07, 6.45) is 0.953. The highest BCUT2D eigenvalue weighted by Gasteiger charge is 2.10. The minimum atomic E-state index is 0.0130. The number of thiophene rings is 1. The standard InChI is InChI=1S/C15H15ClO2S/c1-3-12-5-7-15(19-12)13(17)9-18-14-6-4-11(16)8-10(14)2/h4-8H,3,9H2,1-2H3. The summed E-state index contributed by atoms with van der Waals surface area (Å²) >= 11 is 7.41. The van der Waals surface area contributed by atoms with Gasteiger partial charge in [0, 0.05) is 9.90 Å². The number of carbonyl (C=O) groups is 1. The molecule has 0 atom stereocenters. The molecule has 0 bridgehead atoms. The SMILES string of the molecule is CCc1ccc(C(=O)COc2ccc(Cl)cc2C)s1. The topological polar surface area (TPSA) is 26.3 Å². The lowest BCUT2D eigenvalue weighted by Crippen LogP contribution is -2.10. The summed E-state index contributed by atoms with van der Waals surface area (Å²) in [5, 5.41) is 0.669. The van der Waals surface area contributed by atoms with Crippen LogP contribution in [0.25, 0.3) is 0 Å². The predicted molar refractivity (Wildman–Crippen MR) is 79.7 cm³/mol. The van der Waals surface area contributed by atoms with E-state index < -0.39 is 0 Å². The van der Waals surface area contributed by atoms with Crippen LogP contribution in [0.5, 0.6) is 5.75 Å². The number of Topliss-reactive ketones (excluding diaryl/α,β-unsaturated/α-hetero) is 1. The molecule has 0 spiro atoms. The van der Waals surface area contributed by atoms with Crippen molar-refractivity contribution in [3.8, 4) is 5.75 Å². The summed E-state index contributed by atoms with van der Waals surface area (Å²) in [7, 11) is 0. The van der Waals surface area contributed by atoms with E-state index in [-0.39, 0.29) is 12.4 Å². The second-order valence-electron chi connectivity index (χ2n) is 4.24. The van der Waals surface area contributed by atoms with Crippen LogP contribution in [0.2, 0.25) is 5.02 Å². The van der Waals surface area contributed by atoms with Gasteiger partial charge in [0.1, 0.15) is 5.75 Å². The lowest BCUT2D eigenvalue weighted by Gasteiger charge is -2.07. The van der Waals surface area contributed by atoms with Crippen molar-refractivity contribution in [2.24, 2.45) is 0 Å². The summed E-state index contributed by atoms with van der Waals surface area (Å²) in [5.74, 6) is 0.712. The highest BCUT2D eigenvalue weighted by Crippen LogP contribution is 2.23. The zero-order valence-electron chi connectivity index (χ0n) is 10.9. The molecule has 1 heterocycles. The van der Waals surface area contributed by atoms with Gasteiger partial charge in [0.15, 0.2) is 6.61 Å². The molecule has 0 N–H and O–H groups in total. The molecule has 100 valence electrons. The monoisotopic (exact) mass is 294 g/mol. The normalized spacial score (nSPS) is 10.5. The van der Waals surface area contributed by atoms with Gasteiger partial charge in [-0.2, -0.15) is 0 Å². The third kappa shape index (κ3) is 3.58. The second kappa shape index (κ2) is 6.22. The zero-order chi connectivity index (χ0) is 13.8. The van der Waals surface area contributed by atoms with E-state index >= 15 is 0 Å². The Morgan fingerprint density at radius 2 is 2.11 bits per heavy atom. The lowest BCUT2D eigenvalue weighted by molar-refractivity contribution is 0.0925. The number of benzene rings is 1. The number of ether oxygens (including phenoxy) is 1. The van der Waals surface area contributed by atoms with Crippen molar-refractivity contribution in [2.45, 2.75) is 20.3 Å². The Labute approximate surface area is 122 Å². The van der Waals surface area contributed by atoms with Gasteiger partial charge in [-0.25, -0.2) is 0 Å². The Bertz CT molecular complexity index is 590. The molecular weight excluding hydrogens is 280 g/mol. The minimum Gasteiger partial charge on any atom is -0.485 e. The molecule has 0 amide bonds. The Kier molecular flexibility index (Phi) is 4.61. The first-order chi connectivity index (χ1) is 9.10. The zero-order valence-corrected chi connectivity index (χ0v) is 12.5. The maximum Gasteiger partial charge on any atom is 0.210 e. The van der Waals surface area contributed by atoms with E-state index in [1.165, 1.54) is 16.2 Å². The van der Waals surface area contributed by atoms with Gasteiger partial charge in [-0.1, -0.05) is 18.5 Å². The van der Waals surface area contributed by atoms with Crippen LogP contribution in [-0.2, 0) is 6.42 Å². The molecule has 0 saturated heterocycles. The molecule has 0 radical (unpaired) electrons. The van der Waals surface area contributed by atoms with Gasteiger partial charge >= 0.3 is 0 Å². The number of halogens is 1. The number of ketones is 1. The summed E-state index contributed by atoms with van der Waals surface area (Å²) < 4.78 is 5.55. The first kappa shape index (κ1) is 14.1. The maximum atomic E-state index is 12.0. The van der Waals surface area contributed by atoms with Crippen molar-refractivity contribution in [3.05, 3.63) is 50.7 Å². The van der Waals surface area contributed by atoms with Gasteiger partial charge in [0.25, 0.3) is 0 Å². The number of hydrogen-bond donors (Lipinski definition) is 0. The van der Waals surface area contributed by atoms with Gasteiger partial charge in [-0.3, -0.25) is 4.79 Å². The number of rotatable bonds is 5. The molecule has 0 aliphatic rings. The smallest absolute Gasteiger partial charge is 0.210 e. The van der Waals surface area contributed by atoms with E-state index in [1.54, 1.807) is 12.1 Å². The molecule has 1 aromatic heterocycles. The van der Waals surface area contributed by atoms with Crippen LogP contribution >= 0.6 is 22.9 Å². The van der Waals surface area contributed by atoms with Crippen molar-refractivity contribution >= 4 is 28.7 Å². The van der Waals surface area contributed by atoms with Crippen LogP contribution < -0.4 is 4.74 Å². The Morgan fingerprint density at radius 3 is 2.74 bits per heavy atom. The number of aryl methyl sites for hydroxylation is 2. The summed E-state index contributed by atoms with van der Waals surface area (Å²) in [6, 6.07) is 9.22. The molecule has 2 rings (SSSR count). The minimum absolute atomic E-state index is 0.0130. The first-order valence-corrected chi connectivity index (χ1v) is 7.30. The molecule has 0 fully saturated rings. The van der Waals surface area contributed by atoms with Gasteiger partial charge < -0.3 is 4.74 Å². The highest BCUT2D eigenvalue weighted by atomic mass is 35.5. The molecule has 0 saturated carbocycles. The fourth-order valence-electron chi connectivity index (χ4n) is 1.71. The van der Waals surface area contributed by atoms with Crippen LogP contribution in [-0.4, -0.2) is 12.4 Å². The summed E-state index contributed by atoms with van der Waals surface area (Å²) in [6.45, 7) is 4.05. The van der Waals surface area contributed by atoms with Gasteiger partial charge in [0.2, 0.25) is 5.78 Å². The van der Waals surface area contributed by atoms with Gasteiger partial charge in [-0.05, 0) is 49.2 Å². The predicted octanol–water partition coefficient (Wildman–Crippen LogP) is 4.53. The average Bonchev–Trinajstić information content (AvgIpc) is 2.86. The Balaban J connectivity index is 2.00. The molecule has 1 aromatic carbocycles. The molecule has 4 heteroatoms. The lowest BCUT2D eigenvalue weighted by atomic mass is 10.2. The third-order valence-corrected chi connectivity index (χ3v) is 4.29. The Hall–Kier alpha value is -1.32. The van der Waals surface area contributed by atoms with E-state index in [1.807, 2.05) is 25.1 Å². The quantitative estimate of drug-likeness (QED) is 0.757. The summed E-state index contributed by atoms with van der Waals surface area (Å²) in [5.41, 5.74) is 0.931. The maximum absolute atomic E-state index is 12.0. The molecular formula is C15H15ClO2S. The van der Waals surface area contributed by atoms with Crippen LogP contribution in [0.15, 0.2) is 30.3 Å². The molecule has 2 nitrogen and oxygen atoms in total. The molecule has 0 aliphatic carbocycles. The van der Waals surface area contributed by atoms with Gasteiger partial charge in [0.05, 0.1) is 4.88 Å². The van der Waals surface area contributed by atoms with Crippen LogP contribution in [0.1, 0.15) is 27.0 Å². The van der Waals surface area contributed by atoms with Crippen LogP contribution in [0, 0.1) is 6.92 Å². The van der Waals surface area contributed by atoms with Crippen LogP contribution in [0.4, 0.5) is 0 Å². The number of carbonyl (C=O) groups excluding carboxylic acids is 1. The van der Waals surface area contributed by atoms with Crippen molar-refractivity contribution in [2.75, 3.05) is 6.61 Å². The number of hydrogen-bond acceptors (Lipinski definition) is 3. The Morgan fingerprint density at radius 1 is 1.32 bits per heavy atom. The van der Waals surface area contributed by atoms with E-state index in [9.17, 15) is 4.79 Å². The summed E-state index contributed by atoms with van der Waals surface area (Å²) in [4.78, 5) is 14.0. The van der Waals surface area contributed by atoms with E-state index in [2.05, 4.69) is 6.92 Å². The second-order valence-corrected chi connectivity index (χ2v) is 5.85. The van der Waals surface area contributed by atoms with E-state index in [0.29, 0.717) is 10.8 Å².